The third-order valence-corrected chi connectivity index (χ3v) is 4.53. The lowest BCUT2D eigenvalue weighted by Gasteiger charge is -2.11. The van der Waals surface area contributed by atoms with Gasteiger partial charge >= 0.3 is 11.9 Å². The van der Waals surface area contributed by atoms with Gasteiger partial charge in [-0.25, -0.2) is 9.59 Å². The Labute approximate surface area is 219 Å². The SMILES string of the molecule is CC(C)=COCCOC(=O)c1cc(C(=O)OCCOC=C(C)C)cc(-c2ccc(OC=C(C)C)cc2)c1. The lowest BCUT2D eigenvalue weighted by molar-refractivity contribution is 0.0416. The molecule has 0 aliphatic heterocycles. The highest BCUT2D eigenvalue weighted by molar-refractivity contribution is 5.97. The Morgan fingerprint density at radius 3 is 1.49 bits per heavy atom. The van der Waals surface area contributed by atoms with Crippen molar-refractivity contribution in [3.8, 4) is 16.9 Å². The van der Waals surface area contributed by atoms with E-state index in [0.29, 0.717) is 11.3 Å². The molecule has 0 saturated heterocycles. The standard InChI is InChI=1S/C30H36O7/c1-21(2)18-33-11-13-35-29(31)26-15-25(24-7-9-28(10-8-24)37-20-23(5)6)16-27(17-26)30(32)36-14-12-34-19-22(3)4/h7-10,15-20H,11-14H2,1-6H3. The van der Waals surface area contributed by atoms with Crippen LogP contribution in [0.2, 0.25) is 0 Å². The average molecular weight is 509 g/mol. The summed E-state index contributed by atoms with van der Waals surface area (Å²) in [4.78, 5) is 25.5. The highest BCUT2D eigenvalue weighted by atomic mass is 16.6. The van der Waals surface area contributed by atoms with Gasteiger partial charge in [-0.2, -0.15) is 0 Å². The van der Waals surface area contributed by atoms with Crippen molar-refractivity contribution in [2.24, 2.45) is 0 Å². The second-order valence-electron chi connectivity index (χ2n) is 9.04. The zero-order valence-corrected chi connectivity index (χ0v) is 22.5. The number of hydrogen-bond donors (Lipinski definition) is 0. The molecule has 198 valence electrons. The van der Waals surface area contributed by atoms with Gasteiger partial charge < -0.3 is 23.7 Å². The first-order valence-corrected chi connectivity index (χ1v) is 12.1. The van der Waals surface area contributed by atoms with Gasteiger partial charge in [0.15, 0.2) is 0 Å². The van der Waals surface area contributed by atoms with Gasteiger partial charge in [-0.15, -0.1) is 0 Å². The summed E-state index contributed by atoms with van der Waals surface area (Å²) >= 11 is 0. The van der Waals surface area contributed by atoms with E-state index in [-0.39, 0.29) is 37.6 Å². The van der Waals surface area contributed by atoms with Crippen LogP contribution in [-0.2, 0) is 18.9 Å². The molecule has 0 spiro atoms. The predicted octanol–water partition coefficient (Wildman–Crippen LogP) is 6.85. The molecule has 0 saturated carbocycles. The molecule has 0 atom stereocenters. The number of rotatable bonds is 13. The largest absolute Gasteiger partial charge is 0.498 e. The summed E-state index contributed by atoms with van der Waals surface area (Å²) in [7, 11) is 0. The molecule has 37 heavy (non-hydrogen) atoms. The van der Waals surface area contributed by atoms with Crippen molar-refractivity contribution in [1.29, 1.82) is 0 Å². The molecular weight excluding hydrogens is 472 g/mol. The molecule has 0 heterocycles. The van der Waals surface area contributed by atoms with Crippen LogP contribution in [0, 0.1) is 0 Å². The van der Waals surface area contributed by atoms with Gasteiger partial charge in [0.05, 0.1) is 29.9 Å². The van der Waals surface area contributed by atoms with Gasteiger partial charge in [0.25, 0.3) is 0 Å². The number of carbonyl (C=O) groups excluding carboxylic acids is 2. The van der Waals surface area contributed by atoms with E-state index in [1.54, 1.807) is 30.9 Å². The van der Waals surface area contributed by atoms with Crippen molar-refractivity contribution in [3.63, 3.8) is 0 Å². The minimum Gasteiger partial charge on any atom is -0.498 e. The summed E-state index contributed by atoms with van der Waals surface area (Å²) in [6.45, 7) is 12.1. The molecule has 2 aromatic rings. The summed E-state index contributed by atoms with van der Waals surface area (Å²) in [6, 6.07) is 12.2. The number of allylic oxidation sites excluding steroid dienone is 3. The van der Waals surface area contributed by atoms with Gasteiger partial charge in [0, 0.05) is 0 Å². The van der Waals surface area contributed by atoms with Gasteiger partial charge in [-0.1, -0.05) is 12.1 Å². The highest BCUT2D eigenvalue weighted by Crippen LogP contribution is 2.26. The summed E-state index contributed by atoms with van der Waals surface area (Å²) in [5, 5.41) is 0. The molecule has 0 bridgehead atoms. The third-order valence-electron chi connectivity index (χ3n) is 4.53. The molecule has 2 aromatic carbocycles. The van der Waals surface area contributed by atoms with Gasteiger partial charge in [-0.05, 0) is 99.7 Å². The number of carbonyl (C=O) groups is 2. The van der Waals surface area contributed by atoms with Gasteiger partial charge in [0.2, 0.25) is 0 Å². The maximum Gasteiger partial charge on any atom is 0.338 e. The van der Waals surface area contributed by atoms with Gasteiger partial charge in [0.1, 0.15) is 32.2 Å². The van der Waals surface area contributed by atoms with Crippen LogP contribution in [0.25, 0.3) is 11.1 Å². The molecule has 0 amide bonds. The quantitative estimate of drug-likeness (QED) is 0.166. The summed E-state index contributed by atoms with van der Waals surface area (Å²) < 4.78 is 26.9. The van der Waals surface area contributed by atoms with Crippen LogP contribution in [0.4, 0.5) is 0 Å². The van der Waals surface area contributed by atoms with E-state index >= 15 is 0 Å². The normalized spacial score (nSPS) is 10.0. The Balaban J connectivity index is 2.22. The predicted molar refractivity (Wildman–Crippen MR) is 143 cm³/mol. The Bertz CT molecular complexity index is 1070. The monoisotopic (exact) mass is 508 g/mol. The Kier molecular flexibility index (Phi) is 12.0. The Morgan fingerprint density at radius 2 is 1.05 bits per heavy atom. The number of ether oxygens (including phenoxy) is 5. The molecule has 7 heteroatoms. The molecule has 0 aliphatic carbocycles. The van der Waals surface area contributed by atoms with Crippen molar-refractivity contribution in [1.82, 2.24) is 0 Å². The van der Waals surface area contributed by atoms with Crippen molar-refractivity contribution < 1.29 is 33.3 Å². The number of hydrogen-bond acceptors (Lipinski definition) is 7. The van der Waals surface area contributed by atoms with Crippen LogP contribution < -0.4 is 4.74 Å². The fourth-order valence-corrected chi connectivity index (χ4v) is 2.92. The number of benzene rings is 2. The fourth-order valence-electron chi connectivity index (χ4n) is 2.92. The molecule has 0 N–H and O–H groups in total. The maximum absolute atomic E-state index is 12.8. The smallest absolute Gasteiger partial charge is 0.338 e. The second-order valence-corrected chi connectivity index (χ2v) is 9.04. The molecule has 0 fully saturated rings. The van der Waals surface area contributed by atoms with E-state index in [9.17, 15) is 9.59 Å². The molecule has 0 unspecified atom stereocenters. The lowest BCUT2D eigenvalue weighted by Crippen LogP contribution is -2.13. The summed E-state index contributed by atoms with van der Waals surface area (Å²) in [6.07, 6.45) is 4.88. The molecular formula is C30H36O7. The first-order chi connectivity index (χ1) is 17.7. The molecule has 0 aromatic heterocycles. The van der Waals surface area contributed by atoms with Crippen LogP contribution in [0.3, 0.4) is 0 Å². The van der Waals surface area contributed by atoms with E-state index in [1.165, 1.54) is 6.07 Å². The van der Waals surface area contributed by atoms with E-state index in [2.05, 4.69) is 0 Å². The van der Waals surface area contributed by atoms with E-state index in [1.807, 2.05) is 65.8 Å². The van der Waals surface area contributed by atoms with Crippen LogP contribution in [0.1, 0.15) is 62.3 Å². The van der Waals surface area contributed by atoms with E-state index in [4.69, 9.17) is 23.7 Å². The average Bonchev–Trinajstić information content (AvgIpc) is 2.86. The second kappa shape index (κ2) is 15.2. The minimum absolute atomic E-state index is 0.0741. The highest BCUT2D eigenvalue weighted by Gasteiger charge is 2.16. The lowest BCUT2D eigenvalue weighted by atomic mass is 9.99. The van der Waals surface area contributed by atoms with Crippen molar-refractivity contribution in [3.05, 3.63) is 89.1 Å². The van der Waals surface area contributed by atoms with Crippen LogP contribution in [-0.4, -0.2) is 38.4 Å². The van der Waals surface area contributed by atoms with E-state index in [0.717, 1.165) is 22.3 Å². The van der Waals surface area contributed by atoms with Crippen LogP contribution in [0.5, 0.6) is 5.75 Å². The Hall–Kier alpha value is -4.00. The molecule has 0 radical (unpaired) electrons. The van der Waals surface area contributed by atoms with Crippen molar-refractivity contribution >= 4 is 11.9 Å². The van der Waals surface area contributed by atoms with Gasteiger partial charge in [-0.3, -0.25) is 0 Å². The maximum atomic E-state index is 12.8. The zero-order chi connectivity index (χ0) is 27.2. The molecule has 0 aliphatic rings. The third kappa shape index (κ3) is 11.1. The van der Waals surface area contributed by atoms with Crippen LogP contribution >= 0.6 is 0 Å². The number of esters is 2. The molecule has 2 rings (SSSR count). The zero-order valence-electron chi connectivity index (χ0n) is 22.5. The molecule has 7 nitrogen and oxygen atoms in total. The first-order valence-electron chi connectivity index (χ1n) is 12.1. The van der Waals surface area contributed by atoms with E-state index < -0.39 is 11.9 Å². The topological polar surface area (TPSA) is 80.3 Å². The summed E-state index contributed by atoms with van der Waals surface area (Å²) in [5.41, 5.74) is 4.98. The van der Waals surface area contributed by atoms with Crippen molar-refractivity contribution in [2.45, 2.75) is 41.5 Å². The minimum atomic E-state index is -0.563. The fraction of sp³-hybridized carbons (Fsp3) is 0.333. The summed E-state index contributed by atoms with van der Waals surface area (Å²) in [5.74, 6) is -0.452. The Morgan fingerprint density at radius 1 is 0.595 bits per heavy atom. The van der Waals surface area contributed by atoms with Crippen molar-refractivity contribution in [2.75, 3.05) is 26.4 Å². The first kappa shape index (κ1) is 29.2. The van der Waals surface area contributed by atoms with Crippen LogP contribution in [0.15, 0.2) is 78.0 Å².